The largest absolute Gasteiger partial charge is 0.465 e. The Morgan fingerprint density at radius 3 is 1.14 bits per heavy atom. The third kappa shape index (κ3) is 4.42. The van der Waals surface area contributed by atoms with E-state index in [0.29, 0.717) is 11.1 Å². The van der Waals surface area contributed by atoms with Crippen LogP contribution in [0, 0.1) is 13.8 Å². The van der Waals surface area contributed by atoms with Crippen LogP contribution in [0.5, 0.6) is 0 Å². The van der Waals surface area contributed by atoms with E-state index in [9.17, 15) is 9.59 Å². The molecule has 42 heavy (non-hydrogen) atoms. The average Bonchev–Trinajstić information content (AvgIpc) is 3.21. The highest BCUT2D eigenvalue weighted by Crippen LogP contribution is 2.38. The summed E-state index contributed by atoms with van der Waals surface area (Å²) in [5.41, 5.74) is 3.22. The van der Waals surface area contributed by atoms with Gasteiger partial charge in [-0.2, -0.15) is 0 Å². The van der Waals surface area contributed by atoms with Crippen molar-refractivity contribution in [3.8, 4) is 0 Å². The molecule has 0 aliphatic carbocycles. The van der Waals surface area contributed by atoms with Crippen molar-refractivity contribution in [2.75, 3.05) is 14.2 Å². The highest BCUT2D eigenvalue weighted by atomic mass is 16.5. The molecule has 7 rings (SSSR count). The number of rotatable bonds is 2. The zero-order valence-corrected chi connectivity index (χ0v) is 24.0. The average molecular weight is 551 g/mol. The molecule has 4 nitrogen and oxygen atoms in total. The smallest absolute Gasteiger partial charge is 0.339 e. The number of carbonyl (C=O) groups is 2. The number of hydrogen-bond donors (Lipinski definition) is 0. The molecule has 0 fully saturated rings. The van der Waals surface area contributed by atoms with Crippen molar-refractivity contribution < 1.29 is 19.1 Å². The summed E-state index contributed by atoms with van der Waals surface area (Å²) in [6.45, 7) is 4.15. The van der Waals surface area contributed by atoms with Crippen molar-refractivity contribution in [3.63, 3.8) is 0 Å². The third-order valence-electron chi connectivity index (χ3n) is 8.10. The second-order valence-corrected chi connectivity index (χ2v) is 10.4. The quantitative estimate of drug-likeness (QED) is 0.202. The molecule has 0 unspecified atom stereocenters. The molecule has 0 amide bonds. The van der Waals surface area contributed by atoms with Crippen LogP contribution < -0.4 is 0 Å². The molecule has 0 atom stereocenters. The predicted octanol–water partition coefficient (Wildman–Crippen LogP) is 9.33. The molecule has 0 spiro atoms. The predicted molar refractivity (Wildman–Crippen MR) is 173 cm³/mol. The SMILES string of the molecule is COC(=O)c1c2cccccc2c2ccc(C)c(C)ccc3c4cccccc4c(C(=O)OC)c3c3ccc(cc3)c12. The van der Waals surface area contributed by atoms with Crippen LogP contribution in [-0.2, 0) is 9.47 Å². The van der Waals surface area contributed by atoms with Crippen LogP contribution in [-0.4, -0.2) is 26.2 Å². The Labute approximate surface area is 244 Å². The molecule has 206 valence electrons. The summed E-state index contributed by atoms with van der Waals surface area (Å²) in [7, 11) is 2.83. The summed E-state index contributed by atoms with van der Waals surface area (Å²) in [6.07, 6.45) is 0. The van der Waals surface area contributed by atoms with Crippen molar-refractivity contribution in [2.45, 2.75) is 13.8 Å². The highest BCUT2D eigenvalue weighted by Gasteiger charge is 2.21. The van der Waals surface area contributed by atoms with Gasteiger partial charge in [0.2, 0.25) is 0 Å². The minimum Gasteiger partial charge on any atom is -0.465 e. The maximum atomic E-state index is 13.3. The number of fused-ring (bicyclic) bond motifs is 9. The number of carbonyl (C=O) groups excluding carboxylic acids is 2. The van der Waals surface area contributed by atoms with E-state index in [2.05, 4.69) is 38.1 Å². The Kier molecular flexibility index (Phi) is 7.05. The summed E-state index contributed by atoms with van der Waals surface area (Å²) in [5, 5.41) is 8.89. The Morgan fingerprint density at radius 1 is 0.429 bits per heavy atom. The summed E-state index contributed by atoms with van der Waals surface area (Å²) in [4.78, 5) is 26.6. The van der Waals surface area contributed by atoms with Gasteiger partial charge >= 0.3 is 11.9 Å². The maximum Gasteiger partial charge on any atom is 0.339 e. The zero-order chi connectivity index (χ0) is 29.4. The van der Waals surface area contributed by atoms with Crippen molar-refractivity contribution in [3.05, 3.63) is 131 Å². The topological polar surface area (TPSA) is 52.6 Å². The fourth-order valence-electron chi connectivity index (χ4n) is 5.87. The fourth-order valence-corrected chi connectivity index (χ4v) is 5.87. The molecule has 0 saturated heterocycles. The lowest BCUT2D eigenvalue weighted by atomic mass is 10.0. The third-order valence-corrected chi connectivity index (χ3v) is 8.10. The first-order chi connectivity index (χ1) is 20.4. The molecule has 0 aliphatic heterocycles. The molecule has 0 heterocycles. The molecule has 0 aliphatic rings. The molecule has 2 bridgehead atoms. The van der Waals surface area contributed by atoms with Gasteiger partial charge in [0, 0.05) is 10.8 Å². The maximum absolute atomic E-state index is 13.3. The van der Waals surface area contributed by atoms with Crippen molar-refractivity contribution in [1.82, 2.24) is 0 Å². The van der Waals surface area contributed by atoms with Crippen LogP contribution >= 0.6 is 0 Å². The fraction of sp³-hybridized carbons (Fsp3) is 0.105. The lowest BCUT2D eigenvalue weighted by molar-refractivity contribution is 0.0596. The van der Waals surface area contributed by atoms with E-state index in [0.717, 1.165) is 65.0 Å². The summed E-state index contributed by atoms with van der Waals surface area (Å²) in [5.74, 6) is -0.773. The summed E-state index contributed by atoms with van der Waals surface area (Å²) < 4.78 is 10.6. The number of aryl methyl sites for hydroxylation is 2. The van der Waals surface area contributed by atoms with Gasteiger partial charge in [0.15, 0.2) is 0 Å². The van der Waals surface area contributed by atoms with Gasteiger partial charge in [-0.25, -0.2) is 9.59 Å². The Balaban J connectivity index is 1.91. The summed E-state index contributed by atoms with van der Waals surface area (Å²) in [6, 6.07) is 36.2. The van der Waals surface area contributed by atoms with Gasteiger partial charge in [0.25, 0.3) is 0 Å². The van der Waals surface area contributed by atoms with E-state index < -0.39 is 0 Å². The van der Waals surface area contributed by atoms with E-state index in [-0.39, 0.29) is 11.9 Å². The minimum absolute atomic E-state index is 0.386. The van der Waals surface area contributed by atoms with Gasteiger partial charge in [-0.3, -0.25) is 0 Å². The second kappa shape index (κ2) is 11.0. The van der Waals surface area contributed by atoms with Crippen LogP contribution in [0.1, 0.15) is 31.8 Å². The Morgan fingerprint density at radius 2 is 0.786 bits per heavy atom. The molecular weight excluding hydrogens is 520 g/mol. The van der Waals surface area contributed by atoms with Crippen LogP contribution in [0.15, 0.2) is 109 Å². The van der Waals surface area contributed by atoms with Crippen molar-refractivity contribution in [1.29, 1.82) is 0 Å². The van der Waals surface area contributed by atoms with E-state index in [1.807, 2.05) is 84.9 Å². The number of methoxy groups -OCH3 is 2. The number of esters is 2. The van der Waals surface area contributed by atoms with Gasteiger partial charge in [0.05, 0.1) is 25.3 Å². The molecule has 0 saturated carbocycles. The molecule has 4 heteroatoms. The lowest BCUT2D eigenvalue weighted by Crippen LogP contribution is -2.00. The van der Waals surface area contributed by atoms with Gasteiger partial charge in [0.1, 0.15) is 0 Å². The highest BCUT2D eigenvalue weighted by molar-refractivity contribution is 6.30. The van der Waals surface area contributed by atoms with Gasteiger partial charge in [-0.15, -0.1) is 0 Å². The monoisotopic (exact) mass is 550 g/mol. The minimum atomic E-state index is -0.386. The van der Waals surface area contributed by atoms with E-state index in [1.165, 1.54) is 14.2 Å². The van der Waals surface area contributed by atoms with E-state index in [4.69, 9.17) is 9.47 Å². The first-order valence-electron chi connectivity index (χ1n) is 13.8. The molecule has 0 radical (unpaired) electrons. The molecule has 0 N–H and O–H groups in total. The lowest BCUT2D eigenvalue weighted by Gasteiger charge is -2.03. The molecular formula is C38H30O4. The Hall–Kier alpha value is -5.22. The standard InChI is InChI=1S/C38H30O4/c1-23-15-21-31-27-11-7-5-9-13-29(27)35(37(39)41-3)33(31)25-17-19-26(20-18-25)34-32(22-16-24(23)2)28-12-8-6-10-14-30(28)36(34)38(40)42-4/h5-22H,1-4H3. The van der Waals surface area contributed by atoms with Crippen molar-refractivity contribution >= 4 is 65.8 Å². The molecule has 7 aromatic rings. The second-order valence-electron chi connectivity index (χ2n) is 10.4. The van der Waals surface area contributed by atoms with Crippen molar-refractivity contribution in [2.24, 2.45) is 0 Å². The molecule has 7 aromatic carbocycles. The zero-order valence-electron chi connectivity index (χ0n) is 24.0. The van der Waals surface area contributed by atoms with Crippen LogP contribution in [0.3, 0.4) is 0 Å². The molecule has 0 aromatic heterocycles. The number of benzene rings is 1. The first-order valence-corrected chi connectivity index (χ1v) is 13.8. The van der Waals surface area contributed by atoms with Gasteiger partial charge in [-0.05, 0) is 68.1 Å². The van der Waals surface area contributed by atoms with E-state index >= 15 is 0 Å². The number of hydrogen-bond acceptors (Lipinski definition) is 4. The van der Waals surface area contributed by atoms with Crippen LogP contribution in [0.25, 0.3) is 53.9 Å². The first kappa shape index (κ1) is 27.0. The normalized spacial score (nSPS) is 11.0. The van der Waals surface area contributed by atoms with Crippen LogP contribution in [0.2, 0.25) is 0 Å². The van der Waals surface area contributed by atoms with Gasteiger partial charge < -0.3 is 9.47 Å². The van der Waals surface area contributed by atoms with Crippen LogP contribution in [0.4, 0.5) is 0 Å². The van der Waals surface area contributed by atoms with E-state index in [1.54, 1.807) is 0 Å². The Bertz CT molecular complexity index is 2000. The summed E-state index contributed by atoms with van der Waals surface area (Å²) >= 11 is 0. The van der Waals surface area contributed by atoms with Gasteiger partial charge in [-0.1, -0.05) is 109 Å². The number of ether oxygens (including phenoxy) is 2.